The summed E-state index contributed by atoms with van der Waals surface area (Å²) in [6, 6.07) is 133. The molecule has 0 saturated carbocycles. The number of aryl methyl sites for hydroxylation is 9. The number of thiophene rings is 3. The number of benzene rings is 18. The second-order valence-corrected chi connectivity index (χ2v) is 36.0. The standard InChI is InChI=1S/C19H13BO2.3C13H10O.C13H12O.3C13H10S.C8H8O2/c1-12-10-17-19-18(11-12)22-16-9-5-3-7-14(16)20(19)13-6-2-4-8-15(13)21-17;1-9-5-4-7-11-10-6-2-3-8-12(10)14-13(9)11;1-9-5-4-8-12-13(9)10-6-2-3-7-11(10)14-12;1-9-6-7-13-11(8-9)10-4-2-3-5-12(10)14-13;1-11-7-5-6-10-13(11)14-12-8-3-2-4-9-12;1-9-5-4-7-11-10-6-2-3-8-12(10)14-13(9)11;1-9-5-4-8-12-13(9)10-6-2-3-7-11(10)14-12;1-9-6-7-13-11(8-9)10-4-2-3-5-12(10)14-13;1-6-2-3-7-8(4-6)10-5-9-7/h2-11H,1H3;3*2-8H,1H3;2-10H,1H3;3*2-8H,1H3;2-4H,5H2,1H3. The third kappa shape index (κ3) is 18.0. The van der Waals surface area contributed by atoms with Crippen molar-refractivity contribution in [1.82, 2.24) is 0 Å². The highest BCUT2D eigenvalue weighted by atomic mass is 32.1. The van der Waals surface area contributed by atoms with Gasteiger partial charge >= 0.3 is 0 Å². The van der Waals surface area contributed by atoms with Crippen molar-refractivity contribution < 1.29 is 36.9 Å². The van der Waals surface area contributed by atoms with Crippen LogP contribution in [0.1, 0.15) is 50.1 Å². The van der Waals surface area contributed by atoms with Crippen molar-refractivity contribution in [2.24, 2.45) is 0 Å². The monoisotopic (exact) mass is 1740 g/mol. The Labute approximate surface area is 768 Å². The van der Waals surface area contributed by atoms with Gasteiger partial charge in [0.2, 0.25) is 6.79 Å². The molecule has 18 aromatic carbocycles. The van der Waals surface area contributed by atoms with Crippen molar-refractivity contribution in [3.8, 4) is 46.0 Å². The second-order valence-electron chi connectivity index (χ2n) is 32.8. The molecule has 27 rings (SSSR count). The Bertz CT molecular complexity index is 7790. The predicted octanol–water partition coefficient (Wildman–Crippen LogP) is 33.0. The molecule has 0 spiro atoms. The highest BCUT2D eigenvalue weighted by molar-refractivity contribution is 7.26. The molecule has 0 bridgehead atoms. The Morgan fingerprint density at radius 3 is 1.38 bits per heavy atom. The molecule has 0 amide bonds. The van der Waals surface area contributed by atoms with E-state index in [1.54, 1.807) is 0 Å². The van der Waals surface area contributed by atoms with Crippen molar-refractivity contribution in [2.75, 3.05) is 6.79 Å². The third-order valence-electron chi connectivity index (χ3n) is 23.5. The van der Waals surface area contributed by atoms with Gasteiger partial charge in [-0.05, 0) is 240 Å². The van der Waals surface area contributed by atoms with Crippen LogP contribution in [0.4, 0.5) is 0 Å². The molecular formula is C118H93BO8S3. The zero-order chi connectivity index (χ0) is 88.7. The fourth-order valence-electron chi connectivity index (χ4n) is 17.2. The van der Waals surface area contributed by atoms with Gasteiger partial charge in [0.05, 0.1) is 0 Å². The number of para-hydroxylation sites is 8. The van der Waals surface area contributed by atoms with Crippen LogP contribution in [0.2, 0.25) is 0 Å². The molecule has 24 aromatic rings. The molecule has 6 aromatic heterocycles. The van der Waals surface area contributed by atoms with Crippen LogP contribution in [0, 0.1) is 62.3 Å². The van der Waals surface area contributed by atoms with Gasteiger partial charge in [-0.2, -0.15) is 0 Å². The summed E-state index contributed by atoms with van der Waals surface area (Å²) < 4.78 is 53.9. The fraction of sp³-hybridized carbons (Fsp3) is 0.0847. The molecule has 0 saturated heterocycles. The van der Waals surface area contributed by atoms with E-state index in [1.807, 2.05) is 218 Å². The molecule has 0 fully saturated rings. The molecule has 12 heteroatoms. The lowest BCUT2D eigenvalue weighted by Crippen LogP contribution is -2.57. The highest BCUT2D eigenvalue weighted by Crippen LogP contribution is 2.42. The molecule has 0 unspecified atom stereocenters. The third-order valence-corrected chi connectivity index (χ3v) is 27.1. The maximum Gasteiger partial charge on any atom is 0.260 e. The van der Waals surface area contributed by atoms with E-state index in [9.17, 15) is 0 Å². The van der Waals surface area contributed by atoms with Crippen LogP contribution in [-0.2, 0) is 0 Å². The number of furan rings is 3. The summed E-state index contributed by atoms with van der Waals surface area (Å²) in [5.74, 6) is 7.20. The zero-order valence-corrected chi connectivity index (χ0v) is 76.2. The van der Waals surface area contributed by atoms with E-state index >= 15 is 0 Å². The van der Waals surface area contributed by atoms with E-state index in [0.29, 0.717) is 6.79 Å². The second kappa shape index (κ2) is 37.9. The van der Waals surface area contributed by atoms with E-state index in [4.69, 9.17) is 36.9 Å². The fourth-order valence-corrected chi connectivity index (χ4v) is 20.6. The molecule has 0 atom stereocenters. The normalized spacial score (nSPS) is 11.6. The lowest BCUT2D eigenvalue weighted by Gasteiger charge is -2.33. The van der Waals surface area contributed by atoms with Crippen LogP contribution in [0.5, 0.6) is 46.0 Å². The first-order valence-corrected chi connectivity index (χ1v) is 46.2. The Hall–Kier alpha value is -14.9. The number of fused-ring (bicyclic) bond motifs is 23. The lowest BCUT2D eigenvalue weighted by atomic mass is 9.35. The molecule has 130 heavy (non-hydrogen) atoms. The Kier molecular flexibility index (Phi) is 24.7. The van der Waals surface area contributed by atoms with Crippen molar-refractivity contribution in [1.29, 1.82) is 0 Å². The van der Waals surface area contributed by atoms with Crippen LogP contribution in [0.15, 0.2) is 401 Å². The molecule has 3 aliphatic rings. The Morgan fingerprint density at radius 1 is 0.246 bits per heavy atom. The van der Waals surface area contributed by atoms with Gasteiger partial charge in [-0.15, -0.1) is 34.0 Å². The number of ether oxygens (including phenoxy) is 5. The van der Waals surface area contributed by atoms with E-state index in [-0.39, 0.29) is 6.71 Å². The number of rotatable bonds is 2. The zero-order valence-electron chi connectivity index (χ0n) is 73.7. The SMILES string of the molecule is Cc1cc2c3c(c1)Oc1ccccc1B3c1ccccc1O2.Cc1ccc2c(c1)OCO2.Cc1ccc2oc3ccccc3c2c1.Cc1ccc2sc3ccccc3c2c1.Cc1cccc2c1oc1ccccc12.Cc1cccc2c1sc1ccccc12.Cc1cccc2oc3ccccc3c12.Cc1cccc2sc3ccccc3c12.Cc1ccccc1Oc1ccccc1. The van der Waals surface area contributed by atoms with Gasteiger partial charge in [0, 0.05) is 98.3 Å². The molecule has 0 N–H and O–H groups in total. The summed E-state index contributed by atoms with van der Waals surface area (Å²) in [5.41, 5.74) is 20.7. The quantitative estimate of drug-likeness (QED) is 0.158. The van der Waals surface area contributed by atoms with Crippen molar-refractivity contribution in [2.45, 2.75) is 62.3 Å². The molecule has 8 nitrogen and oxygen atoms in total. The molecule has 3 aliphatic heterocycles. The van der Waals surface area contributed by atoms with Crippen LogP contribution in [0.3, 0.4) is 0 Å². The maximum absolute atomic E-state index is 6.14. The van der Waals surface area contributed by atoms with E-state index < -0.39 is 0 Å². The van der Waals surface area contributed by atoms with Gasteiger partial charge in [0.15, 0.2) is 11.5 Å². The minimum atomic E-state index is 0.181. The summed E-state index contributed by atoms with van der Waals surface area (Å²) in [7, 11) is 0. The summed E-state index contributed by atoms with van der Waals surface area (Å²) in [6.45, 7) is 19.5. The molecular weight excluding hydrogens is 1650 g/mol. The summed E-state index contributed by atoms with van der Waals surface area (Å²) in [4.78, 5) is 0. The van der Waals surface area contributed by atoms with Crippen LogP contribution in [0.25, 0.3) is 126 Å². The summed E-state index contributed by atoms with van der Waals surface area (Å²) >= 11 is 5.63. The van der Waals surface area contributed by atoms with E-state index in [1.165, 1.54) is 143 Å². The first-order valence-electron chi connectivity index (χ1n) is 43.7. The summed E-state index contributed by atoms with van der Waals surface area (Å²) in [6.07, 6.45) is 0. The lowest BCUT2D eigenvalue weighted by molar-refractivity contribution is 0.174. The number of hydrogen-bond acceptors (Lipinski definition) is 11. The van der Waals surface area contributed by atoms with Crippen LogP contribution in [-0.4, -0.2) is 13.5 Å². The smallest absolute Gasteiger partial charge is 0.260 e. The van der Waals surface area contributed by atoms with Crippen molar-refractivity contribution in [3.05, 3.63) is 438 Å². The average Bonchev–Trinajstić information content (AvgIpc) is 1.24. The minimum Gasteiger partial charge on any atom is -0.458 e. The van der Waals surface area contributed by atoms with Gasteiger partial charge in [-0.3, -0.25) is 0 Å². The highest BCUT2D eigenvalue weighted by Gasteiger charge is 2.40. The molecule has 634 valence electrons. The van der Waals surface area contributed by atoms with Gasteiger partial charge in [0.25, 0.3) is 6.71 Å². The molecule has 0 aliphatic carbocycles. The molecule has 0 radical (unpaired) electrons. The first-order chi connectivity index (χ1) is 63.7. The van der Waals surface area contributed by atoms with Crippen LogP contribution >= 0.6 is 34.0 Å². The van der Waals surface area contributed by atoms with Gasteiger partial charge in [-0.25, -0.2) is 0 Å². The Morgan fingerprint density at radius 2 is 0.677 bits per heavy atom. The average molecular weight is 1750 g/mol. The van der Waals surface area contributed by atoms with Crippen LogP contribution < -0.4 is 40.1 Å². The maximum atomic E-state index is 6.14. The first kappa shape index (κ1) is 84.6. The largest absolute Gasteiger partial charge is 0.458 e. The topological polar surface area (TPSA) is 85.6 Å². The Balaban J connectivity index is 0.0000000954. The molecule has 9 heterocycles. The van der Waals surface area contributed by atoms with Crippen molar-refractivity contribution >= 4 is 183 Å². The van der Waals surface area contributed by atoms with Crippen molar-refractivity contribution in [3.63, 3.8) is 0 Å². The van der Waals surface area contributed by atoms with Gasteiger partial charge < -0.3 is 36.9 Å². The van der Waals surface area contributed by atoms with Gasteiger partial charge in [0.1, 0.15) is 68.0 Å². The minimum absolute atomic E-state index is 0.181. The van der Waals surface area contributed by atoms with Gasteiger partial charge in [-0.1, -0.05) is 272 Å². The van der Waals surface area contributed by atoms with E-state index in [0.717, 1.165) is 96.1 Å². The predicted molar refractivity (Wildman–Crippen MR) is 551 cm³/mol. The summed E-state index contributed by atoms with van der Waals surface area (Å²) in [5, 5.41) is 15.6. The van der Waals surface area contributed by atoms with E-state index in [2.05, 4.69) is 267 Å². The number of hydrogen-bond donors (Lipinski definition) is 0.